The maximum atomic E-state index is 9.12. The Kier molecular flexibility index (Phi) is 4.17. The van der Waals surface area contributed by atoms with Crippen LogP contribution in [0.3, 0.4) is 0 Å². The topological polar surface area (TPSA) is 32.3 Å². The molecule has 1 aromatic carbocycles. The first kappa shape index (κ1) is 12.5. The summed E-state index contributed by atoms with van der Waals surface area (Å²) in [5.74, 6) is 0. The number of halogens is 1. The summed E-state index contributed by atoms with van der Waals surface area (Å²) in [4.78, 5) is 0. The second kappa shape index (κ2) is 4.99. The lowest BCUT2D eigenvalue weighted by molar-refractivity contribution is 0.171. The van der Waals surface area contributed by atoms with E-state index in [1.54, 1.807) is 0 Å². The average molecular weight is 272 g/mol. The minimum Gasteiger partial charge on any atom is -0.396 e. The molecule has 0 aliphatic carbocycles. The molecule has 0 bridgehead atoms. The van der Waals surface area contributed by atoms with Gasteiger partial charge in [0, 0.05) is 28.7 Å². The minimum absolute atomic E-state index is 0.0824. The second-order valence-electron chi connectivity index (χ2n) is 4.64. The van der Waals surface area contributed by atoms with Crippen LogP contribution < -0.4 is 5.32 Å². The van der Waals surface area contributed by atoms with Gasteiger partial charge >= 0.3 is 0 Å². The molecule has 0 aliphatic heterocycles. The molecule has 0 saturated heterocycles. The normalized spacial score (nSPS) is 11.5. The van der Waals surface area contributed by atoms with Crippen molar-refractivity contribution in [2.75, 3.05) is 18.5 Å². The summed E-state index contributed by atoms with van der Waals surface area (Å²) in [5.41, 5.74) is 2.22. The zero-order valence-electron chi connectivity index (χ0n) is 9.47. The Balaban J connectivity index is 2.62. The molecule has 0 saturated carbocycles. The van der Waals surface area contributed by atoms with Crippen molar-refractivity contribution in [2.24, 2.45) is 5.41 Å². The van der Waals surface area contributed by atoms with E-state index in [-0.39, 0.29) is 12.0 Å². The molecule has 0 heterocycles. The maximum Gasteiger partial charge on any atom is 0.0498 e. The highest BCUT2D eigenvalue weighted by Gasteiger charge is 2.15. The van der Waals surface area contributed by atoms with Crippen molar-refractivity contribution in [3.05, 3.63) is 28.2 Å². The Bertz CT molecular complexity index is 336. The van der Waals surface area contributed by atoms with Crippen molar-refractivity contribution in [3.8, 4) is 0 Å². The van der Waals surface area contributed by atoms with Gasteiger partial charge in [-0.25, -0.2) is 0 Å². The van der Waals surface area contributed by atoms with E-state index < -0.39 is 0 Å². The number of nitrogens with one attached hydrogen (secondary N) is 1. The average Bonchev–Trinajstić information content (AvgIpc) is 2.20. The van der Waals surface area contributed by atoms with Gasteiger partial charge < -0.3 is 10.4 Å². The van der Waals surface area contributed by atoms with Crippen LogP contribution >= 0.6 is 15.9 Å². The highest BCUT2D eigenvalue weighted by atomic mass is 79.9. The van der Waals surface area contributed by atoms with Crippen molar-refractivity contribution in [3.63, 3.8) is 0 Å². The number of aryl methyl sites for hydroxylation is 1. The van der Waals surface area contributed by atoms with Crippen molar-refractivity contribution in [1.82, 2.24) is 0 Å². The molecule has 84 valence electrons. The van der Waals surface area contributed by atoms with Crippen LogP contribution in [0.1, 0.15) is 19.4 Å². The smallest absolute Gasteiger partial charge is 0.0498 e. The fourth-order valence-electron chi connectivity index (χ4n) is 1.15. The third kappa shape index (κ3) is 3.84. The molecule has 0 unspecified atom stereocenters. The maximum absolute atomic E-state index is 9.12. The van der Waals surface area contributed by atoms with Crippen molar-refractivity contribution in [1.29, 1.82) is 0 Å². The molecular formula is C12H18BrNO. The summed E-state index contributed by atoms with van der Waals surface area (Å²) in [6.45, 7) is 7.09. The summed E-state index contributed by atoms with van der Waals surface area (Å²) >= 11 is 3.47. The van der Waals surface area contributed by atoms with E-state index in [1.165, 1.54) is 5.56 Å². The van der Waals surface area contributed by atoms with Gasteiger partial charge in [0.15, 0.2) is 0 Å². The molecule has 15 heavy (non-hydrogen) atoms. The van der Waals surface area contributed by atoms with E-state index in [4.69, 9.17) is 5.11 Å². The molecule has 2 N–H and O–H groups in total. The highest BCUT2D eigenvalue weighted by Crippen LogP contribution is 2.21. The number of rotatable bonds is 4. The lowest BCUT2D eigenvalue weighted by Crippen LogP contribution is -2.26. The number of aliphatic hydroxyl groups excluding tert-OH is 1. The van der Waals surface area contributed by atoms with Crippen LogP contribution in [0.4, 0.5) is 5.69 Å². The summed E-state index contributed by atoms with van der Waals surface area (Å²) in [6, 6.07) is 6.16. The minimum atomic E-state index is -0.0824. The predicted octanol–water partition coefficient (Wildman–Crippen LogP) is 3.19. The standard InChI is InChI=1S/C12H18BrNO/c1-9-6-10(4-5-11(9)13)14-7-12(2,3)8-15/h4-6,14-15H,7-8H2,1-3H3. The first-order valence-corrected chi connectivity index (χ1v) is 5.85. The highest BCUT2D eigenvalue weighted by molar-refractivity contribution is 9.10. The number of hydrogen-bond donors (Lipinski definition) is 2. The first-order valence-electron chi connectivity index (χ1n) is 5.05. The number of hydrogen-bond acceptors (Lipinski definition) is 2. The van der Waals surface area contributed by atoms with E-state index in [0.29, 0.717) is 0 Å². The molecule has 0 amide bonds. The van der Waals surface area contributed by atoms with Crippen LogP contribution in [0.2, 0.25) is 0 Å². The number of anilines is 1. The summed E-state index contributed by atoms with van der Waals surface area (Å²) in [6.07, 6.45) is 0. The van der Waals surface area contributed by atoms with Crippen LogP contribution in [-0.2, 0) is 0 Å². The van der Waals surface area contributed by atoms with Gasteiger partial charge in [0.1, 0.15) is 0 Å². The van der Waals surface area contributed by atoms with Crippen molar-refractivity contribution in [2.45, 2.75) is 20.8 Å². The van der Waals surface area contributed by atoms with E-state index in [0.717, 1.165) is 16.7 Å². The van der Waals surface area contributed by atoms with Gasteiger partial charge in [-0.3, -0.25) is 0 Å². The van der Waals surface area contributed by atoms with Gasteiger partial charge in [-0.05, 0) is 30.7 Å². The number of aliphatic hydroxyl groups is 1. The summed E-state index contributed by atoms with van der Waals surface area (Å²) < 4.78 is 1.12. The summed E-state index contributed by atoms with van der Waals surface area (Å²) in [5, 5.41) is 12.4. The van der Waals surface area contributed by atoms with Crippen LogP contribution in [-0.4, -0.2) is 18.3 Å². The van der Waals surface area contributed by atoms with Crippen LogP contribution in [0, 0.1) is 12.3 Å². The van der Waals surface area contributed by atoms with E-state index in [2.05, 4.69) is 34.2 Å². The van der Waals surface area contributed by atoms with Crippen LogP contribution in [0.5, 0.6) is 0 Å². The lowest BCUT2D eigenvalue weighted by atomic mass is 9.95. The van der Waals surface area contributed by atoms with E-state index in [9.17, 15) is 0 Å². The second-order valence-corrected chi connectivity index (χ2v) is 5.49. The fourth-order valence-corrected chi connectivity index (χ4v) is 1.40. The third-order valence-corrected chi connectivity index (χ3v) is 3.25. The molecule has 0 aromatic heterocycles. The Morgan fingerprint density at radius 1 is 1.40 bits per heavy atom. The van der Waals surface area contributed by atoms with Gasteiger partial charge in [0.2, 0.25) is 0 Å². The largest absolute Gasteiger partial charge is 0.396 e. The molecule has 0 fully saturated rings. The Morgan fingerprint density at radius 2 is 2.07 bits per heavy atom. The molecule has 1 rings (SSSR count). The van der Waals surface area contributed by atoms with E-state index >= 15 is 0 Å². The van der Waals surface area contributed by atoms with Crippen molar-refractivity contribution < 1.29 is 5.11 Å². The van der Waals surface area contributed by atoms with Gasteiger partial charge in [-0.15, -0.1) is 0 Å². The zero-order chi connectivity index (χ0) is 11.5. The van der Waals surface area contributed by atoms with Crippen molar-refractivity contribution >= 4 is 21.6 Å². The molecule has 0 aliphatic rings. The first-order chi connectivity index (χ1) is 6.94. The molecule has 0 radical (unpaired) electrons. The summed E-state index contributed by atoms with van der Waals surface area (Å²) in [7, 11) is 0. The van der Waals surface area contributed by atoms with Gasteiger partial charge in [0.05, 0.1) is 0 Å². The Morgan fingerprint density at radius 3 is 2.60 bits per heavy atom. The molecule has 0 spiro atoms. The third-order valence-electron chi connectivity index (χ3n) is 2.36. The Hall–Kier alpha value is -0.540. The molecular weight excluding hydrogens is 254 g/mol. The lowest BCUT2D eigenvalue weighted by Gasteiger charge is -2.22. The zero-order valence-corrected chi connectivity index (χ0v) is 11.1. The quantitative estimate of drug-likeness (QED) is 0.882. The molecule has 2 nitrogen and oxygen atoms in total. The van der Waals surface area contributed by atoms with Crippen LogP contribution in [0.15, 0.2) is 22.7 Å². The number of benzene rings is 1. The van der Waals surface area contributed by atoms with Gasteiger partial charge in [-0.2, -0.15) is 0 Å². The fraction of sp³-hybridized carbons (Fsp3) is 0.500. The molecule has 0 atom stereocenters. The van der Waals surface area contributed by atoms with E-state index in [1.807, 2.05) is 26.0 Å². The van der Waals surface area contributed by atoms with Gasteiger partial charge in [-0.1, -0.05) is 29.8 Å². The van der Waals surface area contributed by atoms with Crippen LogP contribution in [0.25, 0.3) is 0 Å². The molecule has 3 heteroatoms. The monoisotopic (exact) mass is 271 g/mol. The Labute approximate surface area is 99.8 Å². The molecule has 1 aromatic rings. The van der Waals surface area contributed by atoms with Gasteiger partial charge in [0.25, 0.3) is 0 Å². The SMILES string of the molecule is Cc1cc(NCC(C)(C)CO)ccc1Br. The predicted molar refractivity (Wildman–Crippen MR) is 68.2 cm³/mol.